The van der Waals surface area contributed by atoms with E-state index in [1.807, 2.05) is 30.3 Å². The number of nitrogens with one attached hydrogen (secondary N) is 1. The van der Waals surface area contributed by atoms with Crippen molar-refractivity contribution < 1.29 is 9.21 Å². The fourth-order valence-corrected chi connectivity index (χ4v) is 3.19. The molecule has 3 aromatic heterocycles. The maximum absolute atomic E-state index is 12.7. The van der Waals surface area contributed by atoms with Crippen molar-refractivity contribution in [3.63, 3.8) is 0 Å². The molecule has 4 heterocycles. The number of carbonyl (C=O) groups is 1. The molecule has 0 atom stereocenters. The number of hydrogen-bond donors (Lipinski definition) is 1. The lowest BCUT2D eigenvalue weighted by molar-refractivity contribution is 0.0701. The first kappa shape index (κ1) is 18.8. The highest BCUT2D eigenvalue weighted by atomic mass is 35.5. The number of pyridine rings is 1. The summed E-state index contributed by atoms with van der Waals surface area (Å²) in [6.07, 6.45) is 9.45. The highest BCUT2D eigenvalue weighted by Gasteiger charge is 2.26. The van der Waals surface area contributed by atoms with Gasteiger partial charge < -0.3 is 14.6 Å². The Balaban J connectivity index is 0.00000210. The van der Waals surface area contributed by atoms with Gasteiger partial charge in [-0.3, -0.25) is 9.78 Å². The minimum absolute atomic E-state index is 0. The van der Waals surface area contributed by atoms with Crippen LogP contribution in [0.3, 0.4) is 0 Å². The molecule has 0 spiro atoms. The number of anilines is 1. The number of furan rings is 1. The molecule has 0 aliphatic carbocycles. The Labute approximate surface area is 163 Å². The Morgan fingerprint density at radius 1 is 1.30 bits per heavy atom. The number of hydrogen-bond acceptors (Lipinski definition) is 6. The van der Waals surface area contributed by atoms with E-state index in [0.717, 1.165) is 23.1 Å². The molecule has 1 N–H and O–H groups in total. The molecule has 0 unspecified atom stereocenters. The number of halogens is 1. The van der Waals surface area contributed by atoms with Crippen LogP contribution < -0.4 is 5.32 Å². The van der Waals surface area contributed by atoms with Crippen LogP contribution in [0, 0.1) is 6.92 Å². The zero-order chi connectivity index (χ0) is 17.9. The molecule has 1 amide bonds. The van der Waals surface area contributed by atoms with Crippen LogP contribution in [0.25, 0.3) is 0 Å². The van der Waals surface area contributed by atoms with Gasteiger partial charge in [0.25, 0.3) is 5.91 Å². The van der Waals surface area contributed by atoms with Gasteiger partial charge in [-0.25, -0.2) is 9.97 Å². The summed E-state index contributed by atoms with van der Waals surface area (Å²) in [5, 5.41) is 3.22. The van der Waals surface area contributed by atoms with Gasteiger partial charge in [0.2, 0.25) is 5.95 Å². The van der Waals surface area contributed by atoms with Crippen molar-refractivity contribution in [1.82, 2.24) is 19.9 Å². The van der Waals surface area contributed by atoms with E-state index >= 15 is 0 Å². The molecule has 0 bridgehead atoms. The van der Waals surface area contributed by atoms with Crippen molar-refractivity contribution in [2.45, 2.75) is 26.4 Å². The van der Waals surface area contributed by atoms with Gasteiger partial charge >= 0.3 is 0 Å². The molecule has 0 saturated heterocycles. The van der Waals surface area contributed by atoms with Gasteiger partial charge in [0, 0.05) is 50.0 Å². The van der Waals surface area contributed by atoms with Crippen LogP contribution in [0.1, 0.15) is 32.8 Å². The van der Waals surface area contributed by atoms with Crippen LogP contribution in [0.5, 0.6) is 0 Å². The van der Waals surface area contributed by atoms with E-state index in [1.54, 1.807) is 24.7 Å². The fourth-order valence-electron chi connectivity index (χ4n) is 3.19. The Bertz CT molecular complexity index is 929. The predicted molar refractivity (Wildman–Crippen MR) is 103 cm³/mol. The molecule has 1 aliphatic heterocycles. The molecule has 140 valence electrons. The molecule has 0 radical (unpaired) electrons. The molecular weight excluding hydrogens is 366 g/mol. The molecule has 27 heavy (non-hydrogen) atoms. The second kappa shape index (κ2) is 8.18. The third-order valence-corrected chi connectivity index (χ3v) is 4.58. The van der Waals surface area contributed by atoms with Gasteiger partial charge in [-0.15, -0.1) is 12.4 Å². The van der Waals surface area contributed by atoms with Crippen molar-refractivity contribution in [1.29, 1.82) is 0 Å². The van der Waals surface area contributed by atoms with E-state index in [-0.39, 0.29) is 18.3 Å². The first-order chi connectivity index (χ1) is 12.7. The first-order valence-electron chi connectivity index (χ1n) is 8.51. The second-order valence-electron chi connectivity index (χ2n) is 6.27. The van der Waals surface area contributed by atoms with Crippen LogP contribution >= 0.6 is 12.4 Å². The van der Waals surface area contributed by atoms with Crippen molar-refractivity contribution in [2.24, 2.45) is 0 Å². The average molecular weight is 386 g/mol. The van der Waals surface area contributed by atoms with Gasteiger partial charge in [0.1, 0.15) is 0 Å². The summed E-state index contributed by atoms with van der Waals surface area (Å²) in [6, 6.07) is 3.59. The first-order valence-corrected chi connectivity index (χ1v) is 8.51. The summed E-state index contributed by atoms with van der Waals surface area (Å²) >= 11 is 0. The molecular formula is C19H20ClN5O2. The summed E-state index contributed by atoms with van der Waals surface area (Å²) in [6.45, 7) is 3.68. The molecule has 4 rings (SSSR count). The average Bonchev–Trinajstić information content (AvgIpc) is 3.12. The van der Waals surface area contributed by atoms with Crippen LogP contribution in [0.4, 0.5) is 5.95 Å². The van der Waals surface area contributed by atoms with Gasteiger partial charge in [-0.05, 0) is 42.2 Å². The molecule has 8 heteroatoms. The maximum Gasteiger partial charge on any atom is 0.290 e. The predicted octanol–water partition coefficient (Wildman–Crippen LogP) is 3.01. The van der Waals surface area contributed by atoms with Crippen LogP contribution in [-0.4, -0.2) is 32.3 Å². The number of aromatic nitrogens is 3. The summed E-state index contributed by atoms with van der Waals surface area (Å²) < 4.78 is 5.35. The normalized spacial score (nSPS) is 12.9. The lowest BCUT2D eigenvalue weighted by atomic mass is 9.97. The van der Waals surface area contributed by atoms with E-state index in [0.29, 0.717) is 31.3 Å². The van der Waals surface area contributed by atoms with E-state index in [1.165, 1.54) is 5.56 Å². The van der Waals surface area contributed by atoms with Gasteiger partial charge in [-0.1, -0.05) is 0 Å². The topological polar surface area (TPSA) is 84.2 Å². The summed E-state index contributed by atoms with van der Waals surface area (Å²) in [7, 11) is 0. The highest BCUT2D eigenvalue weighted by molar-refractivity contribution is 5.93. The third-order valence-electron chi connectivity index (χ3n) is 4.58. The Morgan fingerprint density at radius 3 is 2.85 bits per heavy atom. The minimum Gasteiger partial charge on any atom is -0.459 e. The smallest absolute Gasteiger partial charge is 0.290 e. The summed E-state index contributed by atoms with van der Waals surface area (Å²) in [4.78, 5) is 27.2. The number of aryl methyl sites for hydroxylation is 1. The lowest BCUT2D eigenvalue weighted by Crippen LogP contribution is -2.36. The van der Waals surface area contributed by atoms with E-state index < -0.39 is 0 Å². The van der Waals surface area contributed by atoms with Crippen molar-refractivity contribution in [3.8, 4) is 0 Å². The van der Waals surface area contributed by atoms with E-state index in [2.05, 4.69) is 20.3 Å². The number of fused-ring (bicyclic) bond motifs is 1. The van der Waals surface area contributed by atoms with Crippen LogP contribution in [-0.2, 0) is 19.5 Å². The van der Waals surface area contributed by atoms with Crippen LogP contribution in [0.15, 0.2) is 47.6 Å². The van der Waals surface area contributed by atoms with Gasteiger partial charge in [-0.2, -0.15) is 0 Å². The van der Waals surface area contributed by atoms with Crippen molar-refractivity contribution in [3.05, 3.63) is 71.2 Å². The second-order valence-corrected chi connectivity index (χ2v) is 6.27. The van der Waals surface area contributed by atoms with E-state index in [4.69, 9.17) is 4.42 Å². The zero-order valence-electron chi connectivity index (χ0n) is 14.9. The molecule has 0 aromatic carbocycles. The fraction of sp³-hybridized carbons (Fsp3) is 0.263. The number of nitrogens with zero attached hydrogens (tertiary/aromatic N) is 4. The molecule has 0 saturated carbocycles. The van der Waals surface area contributed by atoms with Gasteiger partial charge in [0.15, 0.2) is 5.76 Å². The monoisotopic (exact) mass is 385 g/mol. The number of amides is 1. The Morgan fingerprint density at radius 2 is 2.11 bits per heavy atom. The Kier molecular flexibility index (Phi) is 5.71. The Hall–Kier alpha value is -2.93. The standard InChI is InChI=1S/C19H19N5O2.ClH/c1-13-4-8-26-17(13)18(25)24-7-3-16-14(9-20-10-15(16)12-24)11-23-19-21-5-2-6-22-19;/h2,4-6,8-10H,3,7,11-12H2,1H3,(H,21,22,23);1H. The van der Waals surface area contributed by atoms with Crippen molar-refractivity contribution >= 4 is 24.3 Å². The van der Waals surface area contributed by atoms with Crippen molar-refractivity contribution in [2.75, 3.05) is 11.9 Å². The maximum atomic E-state index is 12.7. The number of rotatable bonds is 4. The van der Waals surface area contributed by atoms with E-state index in [9.17, 15) is 4.79 Å². The summed E-state index contributed by atoms with van der Waals surface area (Å²) in [5.74, 6) is 0.936. The third kappa shape index (κ3) is 3.93. The number of carbonyl (C=O) groups excluding carboxylic acids is 1. The molecule has 0 fully saturated rings. The lowest BCUT2D eigenvalue weighted by Gasteiger charge is -2.29. The molecule has 7 nitrogen and oxygen atoms in total. The highest BCUT2D eigenvalue weighted by Crippen LogP contribution is 2.24. The summed E-state index contributed by atoms with van der Waals surface area (Å²) in [5.41, 5.74) is 4.28. The molecule has 1 aliphatic rings. The SMILES string of the molecule is Cc1ccoc1C(=O)N1CCc2c(CNc3ncccn3)cncc2C1.Cl. The largest absolute Gasteiger partial charge is 0.459 e. The quantitative estimate of drug-likeness (QED) is 0.743. The molecule has 3 aromatic rings. The van der Waals surface area contributed by atoms with Crippen LogP contribution in [0.2, 0.25) is 0 Å². The van der Waals surface area contributed by atoms with Gasteiger partial charge in [0.05, 0.1) is 6.26 Å². The minimum atomic E-state index is -0.0700. The zero-order valence-corrected chi connectivity index (χ0v) is 15.7.